The van der Waals surface area contributed by atoms with Crippen molar-refractivity contribution in [2.24, 2.45) is 0 Å². The Hall–Kier alpha value is -2.63. The number of non-ortho nitro benzene ring substituents is 1. The maximum atomic E-state index is 13.3. The lowest BCUT2D eigenvalue weighted by Gasteiger charge is -2.09. The molecule has 102 valence electrons. The van der Waals surface area contributed by atoms with Gasteiger partial charge in [-0.15, -0.1) is 0 Å². The Balaban J connectivity index is 2.36. The molecular weight excluding hydrogens is 263 g/mol. The molecule has 2 rings (SSSR count). The van der Waals surface area contributed by atoms with Gasteiger partial charge >= 0.3 is 0 Å². The van der Waals surface area contributed by atoms with Crippen molar-refractivity contribution >= 4 is 11.5 Å². The highest BCUT2D eigenvalue weighted by Crippen LogP contribution is 2.22. The maximum Gasteiger partial charge on any atom is 0.273 e. The van der Waals surface area contributed by atoms with Gasteiger partial charge in [-0.1, -0.05) is 6.07 Å². The molecule has 0 fully saturated rings. The number of carbonyl (C=O) groups is 1. The van der Waals surface area contributed by atoms with Gasteiger partial charge in [0.2, 0.25) is 0 Å². The summed E-state index contributed by atoms with van der Waals surface area (Å²) in [5, 5.41) is 10.7. The number of pyridine rings is 1. The van der Waals surface area contributed by atoms with Crippen LogP contribution in [0.15, 0.2) is 42.6 Å². The molecule has 1 aromatic carbocycles. The SMILES string of the molecule is CC(C(=O)c1cc(F)cc([N+](=O)[O-])c1)c1ccccn1. The first-order valence-electron chi connectivity index (χ1n) is 5.89. The monoisotopic (exact) mass is 274 g/mol. The zero-order valence-electron chi connectivity index (χ0n) is 10.6. The van der Waals surface area contributed by atoms with Crippen LogP contribution in [0.5, 0.6) is 0 Å². The third-order valence-corrected chi connectivity index (χ3v) is 2.90. The Kier molecular flexibility index (Phi) is 3.84. The van der Waals surface area contributed by atoms with E-state index in [0.717, 1.165) is 18.2 Å². The van der Waals surface area contributed by atoms with Gasteiger partial charge in [-0.2, -0.15) is 0 Å². The van der Waals surface area contributed by atoms with Gasteiger partial charge in [0.15, 0.2) is 5.78 Å². The number of Topliss-reactive ketones (excluding diaryl/α,β-unsaturated/α-hetero) is 1. The number of hydrogen-bond donors (Lipinski definition) is 0. The van der Waals surface area contributed by atoms with Crippen LogP contribution in [-0.2, 0) is 0 Å². The molecule has 0 saturated carbocycles. The molecule has 0 spiro atoms. The number of hydrogen-bond acceptors (Lipinski definition) is 4. The van der Waals surface area contributed by atoms with E-state index in [1.165, 1.54) is 0 Å². The van der Waals surface area contributed by atoms with Gasteiger partial charge in [-0.05, 0) is 25.1 Å². The largest absolute Gasteiger partial charge is 0.293 e. The van der Waals surface area contributed by atoms with E-state index in [1.807, 2.05) is 0 Å². The Morgan fingerprint density at radius 3 is 2.70 bits per heavy atom. The minimum atomic E-state index is -0.809. The lowest BCUT2D eigenvalue weighted by molar-refractivity contribution is -0.385. The molecule has 0 radical (unpaired) electrons. The molecule has 0 saturated heterocycles. The number of nitro benzene ring substituents is 1. The molecule has 6 heteroatoms. The fourth-order valence-corrected chi connectivity index (χ4v) is 1.84. The summed E-state index contributed by atoms with van der Waals surface area (Å²) in [6, 6.07) is 7.98. The average molecular weight is 274 g/mol. The van der Waals surface area contributed by atoms with E-state index in [4.69, 9.17) is 0 Å². The first-order chi connectivity index (χ1) is 9.49. The molecule has 0 aliphatic heterocycles. The summed E-state index contributed by atoms with van der Waals surface area (Å²) in [5.41, 5.74) is 0.0563. The van der Waals surface area contributed by atoms with Crippen LogP contribution in [0.2, 0.25) is 0 Å². The van der Waals surface area contributed by atoms with Gasteiger partial charge in [-0.25, -0.2) is 4.39 Å². The number of aromatic nitrogens is 1. The first-order valence-corrected chi connectivity index (χ1v) is 5.89. The number of ketones is 1. The highest BCUT2D eigenvalue weighted by atomic mass is 19.1. The lowest BCUT2D eigenvalue weighted by atomic mass is 9.95. The van der Waals surface area contributed by atoms with Crippen LogP contribution < -0.4 is 0 Å². The Morgan fingerprint density at radius 1 is 1.35 bits per heavy atom. The predicted molar refractivity (Wildman–Crippen MR) is 70.0 cm³/mol. The fourth-order valence-electron chi connectivity index (χ4n) is 1.84. The van der Waals surface area contributed by atoms with Crippen molar-refractivity contribution in [2.45, 2.75) is 12.8 Å². The highest BCUT2D eigenvalue weighted by molar-refractivity contribution is 6.00. The minimum Gasteiger partial charge on any atom is -0.293 e. The van der Waals surface area contributed by atoms with Crippen molar-refractivity contribution in [1.82, 2.24) is 4.98 Å². The van der Waals surface area contributed by atoms with Gasteiger partial charge in [0.05, 0.1) is 22.6 Å². The molecule has 1 atom stereocenters. The van der Waals surface area contributed by atoms with Crippen molar-refractivity contribution in [3.63, 3.8) is 0 Å². The summed E-state index contributed by atoms with van der Waals surface area (Å²) in [5.74, 6) is -1.82. The summed E-state index contributed by atoms with van der Waals surface area (Å²) in [6.45, 7) is 1.63. The summed E-state index contributed by atoms with van der Waals surface area (Å²) in [6.07, 6.45) is 1.55. The molecule has 1 unspecified atom stereocenters. The second-order valence-corrected chi connectivity index (χ2v) is 4.30. The topological polar surface area (TPSA) is 73.1 Å². The molecule has 5 nitrogen and oxygen atoms in total. The Morgan fingerprint density at radius 2 is 2.10 bits per heavy atom. The number of benzene rings is 1. The second kappa shape index (κ2) is 5.56. The molecule has 20 heavy (non-hydrogen) atoms. The van der Waals surface area contributed by atoms with Crippen LogP contribution in [-0.4, -0.2) is 15.7 Å². The molecule has 1 heterocycles. The van der Waals surface area contributed by atoms with Crippen LogP contribution in [0.25, 0.3) is 0 Å². The van der Waals surface area contributed by atoms with Crippen LogP contribution in [0.3, 0.4) is 0 Å². The van der Waals surface area contributed by atoms with E-state index < -0.39 is 28.1 Å². The summed E-state index contributed by atoms with van der Waals surface area (Å²) in [7, 11) is 0. The van der Waals surface area contributed by atoms with Crippen molar-refractivity contribution in [2.75, 3.05) is 0 Å². The summed E-state index contributed by atoms with van der Waals surface area (Å²) < 4.78 is 13.3. The third kappa shape index (κ3) is 2.85. The van der Waals surface area contributed by atoms with E-state index in [9.17, 15) is 19.3 Å². The van der Waals surface area contributed by atoms with Gasteiger partial charge in [-0.3, -0.25) is 19.9 Å². The van der Waals surface area contributed by atoms with Gasteiger partial charge < -0.3 is 0 Å². The summed E-state index contributed by atoms with van der Waals surface area (Å²) in [4.78, 5) is 26.3. The molecule has 0 N–H and O–H groups in total. The van der Waals surface area contributed by atoms with Crippen LogP contribution >= 0.6 is 0 Å². The number of halogens is 1. The van der Waals surface area contributed by atoms with Crippen molar-refractivity contribution in [1.29, 1.82) is 0 Å². The zero-order valence-corrected chi connectivity index (χ0v) is 10.6. The van der Waals surface area contributed by atoms with Crippen LogP contribution in [0.4, 0.5) is 10.1 Å². The van der Waals surface area contributed by atoms with Crippen LogP contribution in [0.1, 0.15) is 28.9 Å². The highest BCUT2D eigenvalue weighted by Gasteiger charge is 2.21. The average Bonchev–Trinajstić information content (AvgIpc) is 2.46. The molecule has 0 aliphatic rings. The normalized spacial score (nSPS) is 11.9. The van der Waals surface area contributed by atoms with E-state index in [1.54, 1.807) is 31.3 Å². The Bertz CT molecular complexity index is 659. The zero-order chi connectivity index (χ0) is 14.7. The number of nitro groups is 1. The molecule has 2 aromatic rings. The van der Waals surface area contributed by atoms with E-state index in [2.05, 4.69) is 4.98 Å². The third-order valence-electron chi connectivity index (χ3n) is 2.90. The molecule has 0 aliphatic carbocycles. The second-order valence-electron chi connectivity index (χ2n) is 4.30. The van der Waals surface area contributed by atoms with E-state index in [-0.39, 0.29) is 5.56 Å². The number of carbonyl (C=O) groups excluding carboxylic acids is 1. The maximum absolute atomic E-state index is 13.3. The fraction of sp³-hybridized carbons (Fsp3) is 0.143. The number of rotatable bonds is 4. The molecular formula is C14H11FN2O3. The van der Waals surface area contributed by atoms with Gasteiger partial charge in [0.25, 0.3) is 5.69 Å². The van der Waals surface area contributed by atoms with Crippen molar-refractivity contribution < 1.29 is 14.1 Å². The van der Waals surface area contributed by atoms with Gasteiger partial charge in [0, 0.05) is 17.8 Å². The predicted octanol–water partition coefficient (Wildman–Crippen LogP) is 3.12. The smallest absolute Gasteiger partial charge is 0.273 e. The number of nitrogens with zero attached hydrogens (tertiary/aromatic N) is 2. The molecule has 0 bridgehead atoms. The first kappa shape index (κ1) is 13.8. The van der Waals surface area contributed by atoms with Crippen molar-refractivity contribution in [3.8, 4) is 0 Å². The molecule has 1 aromatic heterocycles. The van der Waals surface area contributed by atoms with Gasteiger partial charge in [0.1, 0.15) is 5.82 Å². The lowest BCUT2D eigenvalue weighted by Crippen LogP contribution is -2.11. The van der Waals surface area contributed by atoms with E-state index >= 15 is 0 Å². The van der Waals surface area contributed by atoms with Crippen LogP contribution in [0, 0.1) is 15.9 Å². The van der Waals surface area contributed by atoms with E-state index in [0.29, 0.717) is 5.69 Å². The van der Waals surface area contributed by atoms with Crippen molar-refractivity contribution in [3.05, 3.63) is 69.8 Å². The standard InChI is InChI=1S/C14H11FN2O3/c1-9(13-4-2-3-5-16-13)14(18)10-6-11(15)8-12(7-10)17(19)20/h2-9H,1H3. The summed E-state index contributed by atoms with van der Waals surface area (Å²) >= 11 is 0. The Labute approximate surface area is 114 Å². The minimum absolute atomic E-state index is 0.0325. The quantitative estimate of drug-likeness (QED) is 0.488. The molecule has 0 amide bonds.